The molecule has 2 atom stereocenters. The van der Waals surface area contributed by atoms with Crippen LogP contribution in [0.15, 0.2) is 0 Å². The minimum Gasteiger partial charge on any atom is -0.463 e. The average molecular weight is 521 g/mol. The highest BCUT2D eigenvalue weighted by molar-refractivity contribution is 6.65. The van der Waals surface area contributed by atoms with Gasteiger partial charge >= 0.3 is 14.5 Å². The topological polar surface area (TPSA) is 94.5 Å². The Balaban J connectivity index is 3.45. The molecule has 7 nitrogen and oxygen atoms in total. The minimum absolute atomic E-state index is 0.0190. The van der Waals surface area contributed by atoms with Crippen LogP contribution in [0, 0.1) is 0 Å². The molecule has 2 N–H and O–H groups in total. The SMILES string of the molecule is CCCCCCC(O)CCCCCCCCCCC(=O)OCC(O)COCCC[Si](C)(OC)OC. The largest absolute Gasteiger partial charge is 0.463 e. The second kappa shape index (κ2) is 23.9. The van der Waals surface area contributed by atoms with Gasteiger partial charge in [0.2, 0.25) is 0 Å². The van der Waals surface area contributed by atoms with Crippen LogP contribution in [0.1, 0.15) is 110 Å². The van der Waals surface area contributed by atoms with E-state index in [0.717, 1.165) is 57.4 Å². The highest BCUT2D eigenvalue weighted by Crippen LogP contribution is 2.15. The zero-order valence-corrected chi connectivity index (χ0v) is 24.2. The van der Waals surface area contributed by atoms with E-state index in [-0.39, 0.29) is 25.3 Å². The molecule has 210 valence electrons. The van der Waals surface area contributed by atoms with E-state index >= 15 is 0 Å². The molecule has 0 aliphatic carbocycles. The maximum atomic E-state index is 11.8. The first-order valence-corrected chi connectivity index (χ1v) is 16.6. The molecule has 0 aliphatic heterocycles. The summed E-state index contributed by atoms with van der Waals surface area (Å²) in [5.74, 6) is -0.251. The van der Waals surface area contributed by atoms with Crippen molar-refractivity contribution in [3.05, 3.63) is 0 Å². The Bertz CT molecular complexity index is 474. The first-order valence-electron chi connectivity index (χ1n) is 14.1. The van der Waals surface area contributed by atoms with E-state index in [0.29, 0.717) is 13.0 Å². The number of ether oxygens (including phenoxy) is 2. The van der Waals surface area contributed by atoms with Crippen LogP contribution >= 0.6 is 0 Å². The quantitative estimate of drug-likeness (QED) is 0.0833. The molecule has 0 amide bonds. The van der Waals surface area contributed by atoms with Crippen molar-refractivity contribution < 1.29 is 33.3 Å². The summed E-state index contributed by atoms with van der Waals surface area (Å²) >= 11 is 0. The standard InChI is InChI=1S/C27H56O7Si/c1-5-6-7-14-18-25(28)19-15-12-10-8-9-11-13-16-20-27(30)34-24-26(29)23-33-21-17-22-35(4,31-2)32-3/h25-26,28-29H,5-24H2,1-4H3. The molecule has 35 heavy (non-hydrogen) atoms. The van der Waals surface area contributed by atoms with Gasteiger partial charge in [0.05, 0.1) is 12.7 Å². The molecule has 0 radical (unpaired) electrons. The van der Waals surface area contributed by atoms with Crippen LogP contribution in [0.3, 0.4) is 0 Å². The maximum absolute atomic E-state index is 11.8. The van der Waals surface area contributed by atoms with E-state index in [1.807, 2.05) is 6.55 Å². The van der Waals surface area contributed by atoms with Crippen molar-refractivity contribution in [2.24, 2.45) is 0 Å². The number of hydrogen-bond acceptors (Lipinski definition) is 7. The number of unbranched alkanes of at least 4 members (excludes halogenated alkanes) is 10. The normalized spacial score (nSPS) is 13.7. The van der Waals surface area contributed by atoms with Crippen LogP contribution < -0.4 is 0 Å². The van der Waals surface area contributed by atoms with Gasteiger partial charge in [-0.25, -0.2) is 0 Å². The number of aliphatic hydroxyl groups excluding tert-OH is 2. The van der Waals surface area contributed by atoms with E-state index in [9.17, 15) is 15.0 Å². The lowest BCUT2D eigenvalue weighted by Crippen LogP contribution is -2.36. The minimum atomic E-state index is -2.06. The van der Waals surface area contributed by atoms with Crippen molar-refractivity contribution in [2.45, 2.75) is 134 Å². The van der Waals surface area contributed by atoms with Gasteiger partial charge in [-0.05, 0) is 38.3 Å². The van der Waals surface area contributed by atoms with Crippen molar-refractivity contribution in [3.8, 4) is 0 Å². The van der Waals surface area contributed by atoms with Crippen LogP contribution in [0.5, 0.6) is 0 Å². The third kappa shape index (κ3) is 22.4. The number of esters is 1. The molecule has 0 aliphatic rings. The van der Waals surface area contributed by atoms with Crippen LogP contribution in [0.25, 0.3) is 0 Å². The van der Waals surface area contributed by atoms with Crippen LogP contribution in [0.4, 0.5) is 0 Å². The van der Waals surface area contributed by atoms with Crippen molar-refractivity contribution in [1.82, 2.24) is 0 Å². The van der Waals surface area contributed by atoms with Gasteiger partial charge in [0, 0.05) is 27.2 Å². The van der Waals surface area contributed by atoms with Gasteiger partial charge in [0.1, 0.15) is 12.7 Å². The van der Waals surface area contributed by atoms with Crippen LogP contribution in [-0.4, -0.2) is 71.0 Å². The predicted molar refractivity (Wildman–Crippen MR) is 144 cm³/mol. The summed E-state index contributed by atoms with van der Waals surface area (Å²) in [6.45, 7) is 4.87. The Labute approximate surface area is 216 Å². The summed E-state index contributed by atoms with van der Waals surface area (Å²) < 4.78 is 21.5. The molecule has 0 bridgehead atoms. The molecule has 0 saturated heterocycles. The van der Waals surface area contributed by atoms with Gasteiger partial charge in [0.25, 0.3) is 0 Å². The smallest absolute Gasteiger partial charge is 0.334 e. The molecule has 0 spiro atoms. The molecule has 8 heteroatoms. The maximum Gasteiger partial charge on any atom is 0.334 e. The number of carbonyl (C=O) groups excluding carboxylic acids is 1. The van der Waals surface area contributed by atoms with E-state index in [2.05, 4.69) is 6.92 Å². The van der Waals surface area contributed by atoms with Gasteiger partial charge in [-0.1, -0.05) is 77.6 Å². The third-order valence-electron chi connectivity index (χ3n) is 6.59. The molecule has 0 fully saturated rings. The highest BCUT2D eigenvalue weighted by atomic mass is 28.4. The number of hydrogen-bond donors (Lipinski definition) is 2. The van der Waals surface area contributed by atoms with E-state index < -0.39 is 14.7 Å². The van der Waals surface area contributed by atoms with Gasteiger partial charge in [-0.2, -0.15) is 0 Å². The summed E-state index contributed by atoms with van der Waals surface area (Å²) in [6.07, 6.45) is 16.1. The highest BCUT2D eigenvalue weighted by Gasteiger charge is 2.27. The second-order valence-electron chi connectivity index (χ2n) is 9.93. The summed E-state index contributed by atoms with van der Waals surface area (Å²) in [5.41, 5.74) is 0. The number of rotatable bonds is 26. The number of aliphatic hydroxyl groups is 2. The summed E-state index contributed by atoms with van der Waals surface area (Å²) in [6, 6.07) is 0.828. The Morgan fingerprint density at radius 3 is 1.86 bits per heavy atom. The van der Waals surface area contributed by atoms with Crippen molar-refractivity contribution >= 4 is 14.5 Å². The molecular weight excluding hydrogens is 464 g/mol. The second-order valence-corrected chi connectivity index (χ2v) is 13.5. The lowest BCUT2D eigenvalue weighted by atomic mass is 10.0. The van der Waals surface area contributed by atoms with Gasteiger partial charge in [-0.3, -0.25) is 4.79 Å². The fraction of sp³-hybridized carbons (Fsp3) is 0.963. The molecule has 0 aromatic heterocycles. The fourth-order valence-electron chi connectivity index (χ4n) is 3.97. The fourth-order valence-corrected chi connectivity index (χ4v) is 5.33. The Morgan fingerprint density at radius 2 is 1.29 bits per heavy atom. The summed E-state index contributed by atoms with van der Waals surface area (Å²) in [7, 11) is 1.27. The molecule has 0 saturated carbocycles. The summed E-state index contributed by atoms with van der Waals surface area (Å²) in [4.78, 5) is 11.8. The van der Waals surface area contributed by atoms with Crippen LogP contribution in [-0.2, 0) is 23.1 Å². The first-order chi connectivity index (χ1) is 16.9. The number of carbonyl (C=O) groups is 1. The van der Waals surface area contributed by atoms with Crippen molar-refractivity contribution in [3.63, 3.8) is 0 Å². The lowest BCUT2D eigenvalue weighted by Gasteiger charge is -2.22. The molecular formula is C27H56O7Si. The average Bonchev–Trinajstić information content (AvgIpc) is 2.86. The van der Waals surface area contributed by atoms with E-state index in [1.54, 1.807) is 14.2 Å². The Hall–Kier alpha value is -0.513. The zero-order valence-electron chi connectivity index (χ0n) is 23.2. The third-order valence-corrected chi connectivity index (χ3v) is 9.58. The zero-order chi connectivity index (χ0) is 26.2. The molecule has 0 aromatic rings. The molecule has 0 heterocycles. The predicted octanol–water partition coefficient (Wildman–Crippen LogP) is 5.89. The van der Waals surface area contributed by atoms with Gasteiger partial charge < -0.3 is 28.5 Å². The van der Waals surface area contributed by atoms with E-state index in [4.69, 9.17) is 18.3 Å². The van der Waals surface area contributed by atoms with E-state index in [1.165, 1.54) is 44.9 Å². The Kier molecular flexibility index (Phi) is 23.5. The monoisotopic (exact) mass is 520 g/mol. The summed E-state index contributed by atoms with van der Waals surface area (Å²) in [5, 5.41) is 19.9. The first kappa shape index (κ1) is 34.5. The van der Waals surface area contributed by atoms with Gasteiger partial charge in [0.15, 0.2) is 0 Å². The van der Waals surface area contributed by atoms with Gasteiger partial charge in [-0.15, -0.1) is 0 Å². The molecule has 0 aromatic carbocycles. The molecule has 2 unspecified atom stereocenters. The molecule has 0 rings (SSSR count). The van der Waals surface area contributed by atoms with Crippen molar-refractivity contribution in [2.75, 3.05) is 34.0 Å². The Morgan fingerprint density at radius 1 is 0.743 bits per heavy atom. The van der Waals surface area contributed by atoms with Crippen LogP contribution in [0.2, 0.25) is 12.6 Å². The van der Waals surface area contributed by atoms with Crippen molar-refractivity contribution in [1.29, 1.82) is 0 Å². The lowest BCUT2D eigenvalue weighted by molar-refractivity contribution is -0.147.